The van der Waals surface area contributed by atoms with Crippen molar-refractivity contribution in [2.24, 2.45) is 0 Å². The van der Waals surface area contributed by atoms with E-state index in [9.17, 15) is 0 Å². The number of hydrogen-bond donors (Lipinski definition) is 2. The minimum atomic E-state index is 0.206. The molecule has 102 valence electrons. The Morgan fingerprint density at radius 2 is 1.95 bits per heavy atom. The molecule has 0 aliphatic heterocycles. The summed E-state index contributed by atoms with van der Waals surface area (Å²) in [7, 11) is 1.86. The molecule has 0 unspecified atom stereocenters. The van der Waals surface area contributed by atoms with Gasteiger partial charge in [-0.25, -0.2) is 4.98 Å². The number of rotatable bonds is 5. The molecule has 1 heterocycles. The summed E-state index contributed by atoms with van der Waals surface area (Å²) in [5, 5.41) is 3.02. The van der Waals surface area contributed by atoms with Crippen LogP contribution in [0.4, 0.5) is 5.95 Å². The van der Waals surface area contributed by atoms with E-state index in [-0.39, 0.29) is 6.10 Å². The highest BCUT2D eigenvalue weighted by Gasteiger charge is 2.07. The van der Waals surface area contributed by atoms with E-state index >= 15 is 0 Å². The zero-order valence-corrected chi connectivity index (χ0v) is 11.9. The third-order valence-electron chi connectivity index (χ3n) is 2.89. The molecule has 0 spiro atoms. The Bertz CT molecular complexity index is 529. The first kappa shape index (κ1) is 13.5. The molecule has 0 aliphatic rings. The Morgan fingerprint density at radius 3 is 2.47 bits per heavy atom. The predicted molar refractivity (Wildman–Crippen MR) is 77.9 cm³/mol. The fourth-order valence-electron chi connectivity index (χ4n) is 1.94. The molecule has 2 rings (SSSR count). The van der Waals surface area contributed by atoms with Crippen molar-refractivity contribution in [3.63, 3.8) is 0 Å². The van der Waals surface area contributed by atoms with Gasteiger partial charge in [0, 0.05) is 19.2 Å². The third kappa shape index (κ3) is 3.50. The van der Waals surface area contributed by atoms with E-state index < -0.39 is 0 Å². The van der Waals surface area contributed by atoms with Crippen LogP contribution >= 0.6 is 0 Å². The number of aromatic amines is 1. The first-order valence-electron chi connectivity index (χ1n) is 6.57. The molecule has 4 heteroatoms. The van der Waals surface area contributed by atoms with E-state index in [1.807, 2.05) is 40.0 Å². The number of anilines is 1. The van der Waals surface area contributed by atoms with E-state index in [1.165, 1.54) is 5.56 Å². The first-order valence-corrected chi connectivity index (χ1v) is 6.57. The summed E-state index contributed by atoms with van der Waals surface area (Å²) in [5.74, 6) is 1.72. The fourth-order valence-corrected chi connectivity index (χ4v) is 1.94. The van der Waals surface area contributed by atoms with Crippen molar-refractivity contribution in [2.75, 3.05) is 12.4 Å². The van der Waals surface area contributed by atoms with E-state index in [0.29, 0.717) is 0 Å². The number of benzene rings is 1. The summed E-state index contributed by atoms with van der Waals surface area (Å²) >= 11 is 0. The van der Waals surface area contributed by atoms with Crippen LogP contribution in [0.5, 0.6) is 5.75 Å². The molecular weight excluding hydrogens is 238 g/mol. The quantitative estimate of drug-likeness (QED) is 0.867. The van der Waals surface area contributed by atoms with Gasteiger partial charge < -0.3 is 15.0 Å². The van der Waals surface area contributed by atoms with Gasteiger partial charge in [-0.3, -0.25) is 0 Å². The lowest BCUT2D eigenvalue weighted by atomic mass is 10.1. The maximum Gasteiger partial charge on any atom is 0.200 e. The highest BCUT2D eigenvalue weighted by Crippen LogP contribution is 2.18. The second-order valence-electron chi connectivity index (χ2n) is 4.89. The summed E-state index contributed by atoms with van der Waals surface area (Å²) in [6.07, 6.45) is 1.03. The molecular formula is C15H21N3O. The molecule has 0 bridgehead atoms. The largest absolute Gasteiger partial charge is 0.491 e. The van der Waals surface area contributed by atoms with Gasteiger partial charge in [0.25, 0.3) is 0 Å². The molecule has 0 amide bonds. The maximum absolute atomic E-state index is 5.63. The van der Waals surface area contributed by atoms with E-state index in [0.717, 1.165) is 29.5 Å². The van der Waals surface area contributed by atoms with Crippen LogP contribution in [-0.4, -0.2) is 23.1 Å². The summed E-state index contributed by atoms with van der Waals surface area (Å²) in [5.41, 5.74) is 3.40. The third-order valence-corrected chi connectivity index (χ3v) is 2.89. The minimum absolute atomic E-state index is 0.206. The molecule has 0 aliphatic carbocycles. The van der Waals surface area contributed by atoms with Crippen molar-refractivity contribution in [1.29, 1.82) is 0 Å². The minimum Gasteiger partial charge on any atom is -0.491 e. The fraction of sp³-hybridized carbons (Fsp3) is 0.400. The van der Waals surface area contributed by atoms with Gasteiger partial charge in [0.2, 0.25) is 0 Å². The number of H-pyrrole nitrogens is 1. The van der Waals surface area contributed by atoms with Crippen LogP contribution in [0.15, 0.2) is 24.3 Å². The molecule has 0 radical (unpaired) electrons. The van der Waals surface area contributed by atoms with Crippen LogP contribution in [0.1, 0.15) is 30.8 Å². The Labute approximate surface area is 114 Å². The number of hydrogen-bond acceptors (Lipinski definition) is 3. The normalized spacial score (nSPS) is 10.8. The average molecular weight is 259 g/mol. The lowest BCUT2D eigenvalue weighted by Crippen LogP contribution is -2.05. The molecule has 1 aromatic heterocycles. The Morgan fingerprint density at radius 1 is 1.26 bits per heavy atom. The van der Waals surface area contributed by atoms with Gasteiger partial charge in [0.05, 0.1) is 11.8 Å². The highest BCUT2D eigenvalue weighted by atomic mass is 16.5. The molecule has 0 saturated carbocycles. The first-order chi connectivity index (χ1) is 9.08. The SMILES string of the molecule is CNc1nc(Cc2ccc(OC(C)C)cc2)c(C)[nH]1. The predicted octanol–water partition coefficient (Wildman–Crippen LogP) is 3.14. The number of nitrogens with one attached hydrogen (secondary N) is 2. The Kier molecular flexibility index (Phi) is 4.10. The smallest absolute Gasteiger partial charge is 0.200 e. The average Bonchev–Trinajstić information content (AvgIpc) is 2.72. The second kappa shape index (κ2) is 5.78. The number of aryl methyl sites for hydroxylation is 1. The topological polar surface area (TPSA) is 49.9 Å². The molecule has 0 fully saturated rings. The zero-order valence-electron chi connectivity index (χ0n) is 11.9. The molecule has 0 saturated heterocycles. The van der Waals surface area contributed by atoms with Crippen LogP contribution in [0.25, 0.3) is 0 Å². The lowest BCUT2D eigenvalue weighted by molar-refractivity contribution is 0.242. The molecule has 1 aromatic carbocycles. The van der Waals surface area contributed by atoms with Gasteiger partial charge in [-0.1, -0.05) is 12.1 Å². The summed E-state index contributed by atoms with van der Waals surface area (Å²) < 4.78 is 5.63. The van der Waals surface area contributed by atoms with Crippen molar-refractivity contribution >= 4 is 5.95 Å². The summed E-state index contributed by atoms with van der Waals surface area (Å²) in [6.45, 7) is 6.10. The van der Waals surface area contributed by atoms with Crippen molar-refractivity contribution in [2.45, 2.75) is 33.3 Å². The Balaban J connectivity index is 2.08. The van der Waals surface area contributed by atoms with Gasteiger partial charge in [-0.2, -0.15) is 0 Å². The van der Waals surface area contributed by atoms with E-state index in [2.05, 4.69) is 27.4 Å². The summed E-state index contributed by atoms with van der Waals surface area (Å²) in [4.78, 5) is 7.70. The van der Waals surface area contributed by atoms with Crippen LogP contribution < -0.4 is 10.1 Å². The lowest BCUT2D eigenvalue weighted by Gasteiger charge is -2.09. The van der Waals surface area contributed by atoms with Crippen molar-refractivity contribution in [3.8, 4) is 5.75 Å². The molecule has 0 atom stereocenters. The van der Waals surface area contributed by atoms with Crippen LogP contribution in [0, 0.1) is 6.92 Å². The maximum atomic E-state index is 5.63. The van der Waals surface area contributed by atoms with Crippen LogP contribution in [0.3, 0.4) is 0 Å². The van der Waals surface area contributed by atoms with Gasteiger partial charge in [0.1, 0.15) is 5.75 Å². The molecule has 19 heavy (non-hydrogen) atoms. The van der Waals surface area contributed by atoms with Crippen LogP contribution in [0.2, 0.25) is 0 Å². The van der Waals surface area contributed by atoms with Crippen LogP contribution in [-0.2, 0) is 6.42 Å². The number of imidazole rings is 1. The molecule has 4 nitrogen and oxygen atoms in total. The van der Waals surface area contributed by atoms with Crippen molar-refractivity contribution < 1.29 is 4.74 Å². The highest BCUT2D eigenvalue weighted by molar-refractivity contribution is 5.35. The van der Waals surface area contributed by atoms with Crippen molar-refractivity contribution in [3.05, 3.63) is 41.2 Å². The number of aromatic nitrogens is 2. The molecule has 2 N–H and O–H groups in total. The van der Waals surface area contributed by atoms with Gasteiger partial charge >= 0.3 is 0 Å². The number of ether oxygens (including phenoxy) is 1. The number of nitrogens with zero attached hydrogens (tertiary/aromatic N) is 1. The Hall–Kier alpha value is -1.97. The second-order valence-corrected chi connectivity index (χ2v) is 4.89. The monoisotopic (exact) mass is 259 g/mol. The van der Waals surface area contributed by atoms with E-state index in [4.69, 9.17) is 4.74 Å². The zero-order chi connectivity index (χ0) is 13.8. The van der Waals surface area contributed by atoms with Gasteiger partial charge in [0.15, 0.2) is 5.95 Å². The standard InChI is InChI=1S/C15H21N3O/c1-10(2)19-13-7-5-12(6-8-13)9-14-11(3)17-15(16-4)18-14/h5-8,10H,9H2,1-4H3,(H2,16,17,18). The van der Waals surface area contributed by atoms with Gasteiger partial charge in [-0.05, 0) is 38.5 Å². The van der Waals surface area contributed by atoms with Gasteiger partial charge in [-0.15, -0.1) is 0 Å². The van der Waals surface area contributed by atoms with E-state index in [1.54, 1.807) is 0 Å². The van der Waals surface area contributed by atoms with Crippen molar-refractivity contribution in [1.82, 2.24) is 9.97 Å². The summed E-state index contributed by atoms with van der Waals surface area (Å²) in [6, 6.07) is 8.20. The molecule has 2 aromatic rings.